The fourth-order valence-corrected chi connectivity index (χ4v) is 4.18. The largest absolute Gasteiger partial charge is 0.340 e. The summed E-state index contributed by atoms with van der Waals surface area (Å²) in [4.78, 5) is 16.6. The minimum atomic E-state index is -0.263. The second-order valence-corrected chi connectivity index (χ2v) is 8.56. The van der Waals surface area contributed by atoms with Crippen LogP contribution in [0.2, 0.25) is 0 Å². The van der Waals surface area contributed by atoms with E-state index in [1.165, 1.54) is 23.3 Å². The van der Waals surface area contributed by atoms with Crippen molar-refractivity contribution in [2.45, 2.75) is 39.9 Å². The Bertz CT molecular complexity index is 1040. The summed E-state index contributed by atoms with van der Waals surface area (Å²) in [5, 5.41) is 4.89. The van der Waals surface area contributed by atoms with Gasteiger partial charge in [0.2, 0.25) is 5.91 Å². The molecule has 2 heterocycles. The number of fused-ring (bicyclic) bond motifs is 1. The monoisotopic (exact) mass is 420 g/mol. The summed E-state index contributed by atoms with van der Waals surface area (Å²) in [5.41, 5.74) is 5.36. The van der Waals surface area contributed by atoms with Crippen molar-refractivity contribution in [3.8, 4) is 5.69 Å². The van der Waals surface area contributed by atoms with Crippen LogP contribution in [-0.4, -0.2) is 39.1 Å². The van der Waals surface area contributed by atoms with E-state index >= 15 is 0 Å². The third-order valence-electron chi connectivity index (χ3n) is 5.80. The molecule has 1 aromatic heterocycles. The van der Waals surface area contributed by atoms with Crippen LogP contribution in [0.4, 0.5) is 4.39 Å². The van der Waals surface area contributed by atoms with Crippen molar-refractivity contribution in [1.82, 2.24) is 19.6 Å². The Hall–Kier alpha value is -2.99. The minimum absolute atomic E-state index is 0.0606. The van der Waals surface area contributed by atoms with Gasteiger partial charge in [0, 0.05) is 44.6 Å². The van der Waals surface area contributed by atoms with Crippen molar-refractivity contribution in [1.29, 1.82) is 0 Å². The SMILES string of the molecule is CC(C)C(=O)N(C)Cc1nn(-c2ccc(F)cc2)c2c1CN(Cc1ccccc1)CC2. The molecule has 6 heteroatoms. The molecule has 1 aliphatic rings. The van der Waals surface area contributed by atoms with Crippen LogP contribution in [0.15, 0.2) is 54.6 Å². The Morgan fingerprint density at radius 2 is 1.84 bits per heavy atom. The van der Waals surface area contributed by atoms with Gasteiger partial charge in [0.25, 0.3) is 0 Å². The van der Waals surface area contributed by atoms with Crippen molar-refractivity contribution in [3.05, 3.63) is 82.9 Å². The summed E-state index contributed by atoms with van der Waals surface area (Å²) in [6.45, 7) is 6.87. The second kappa shape index (κ2) is 9.02. The van der Waals surface area contributed by atoms with Crippen LogP contribution < -0.4 is 0 Å². The molecular formula is C25H29FN4O. The first-order valence-electron chi connectivity index (χ1n) is 10.8. The molecule has 162 valence electrons. The number of benzene rings is 2. The molecule has 1 aliphatic heterocycles. The van der Waals surface area contributed by atoms with Crippen LogP contribution in [0.25, 0.3) is 5.69 Å². The zero-order valence-corrected chi connectivity index (χ0v) is 18.4. The number of carbonyl (C=O) groups is 1. The summed E-state index contributed by atoms with van der Waals surface area (Å²) in [6.07, 6.45) is 0.856. The van der Waals surface area contributed by atoms with E-state index in [1.807, 2.05) is 31.6 Å². The van der Waals surface area contributed by atoms with Gasteiger partial charge in [0.1, 0.15) is 5.82 Å². The van der Waals surface area contributed by atoms with Gasteiger partial charge in [-0.1, -0.05) is 44.2 Å². The lowest BCUT2D eigenvalue weighted by molar-refractivity contribution is -0.133. The Balaban J connectivity index is 1.65. The number of halogens is 1. The maximum atomic E-state index is 13.5. The molecule has 2 aromatic carbocycles. The van der Waals surface area contributed by atoms with Gasteiger partial charge in [-0.2, -0.15) is 5.10 Å². The number of carbonyl (C=O) groups excluding carboxylic acids is 1. The highest BCUT2D eigenvalue weighted by Crippen LogP contribution is 2.27. The Morgan fingerprint density at radius 3 is 2.52 bits per heavy atom. The Kier molecular flexibility index (Phi) is 6.18. The van der Waals surface area contributed by atoms with Crippen LogP contribution >= 0.6 is 0 Å². The fourth-order valence-electron chi connectivity index (χ4n) is 4.18. The summed E-state index contributed by atoms with van der Waals surface area (Å²) in [7, 11) is 1.83. The Morgan fingerprint density at radius 1 is 1.13 bits per heavy atom. The molecule has 0 saturated heterocycles. The van der Waals surface area contributed by atoms with E-state index in [1.54, 1.807) is 17.0 Å². The summed E-state index contributed by atoms with van der Waals surface area (Å²) in [5.74, 6) is -0.224. The van der Waals surface area contributed by atoms with Crippen molar-refractivity contribution in [2.75, 3.05) is 13.6 Å². The maximum Gasteiger partial charge on any atom is 0.225 e. The standard InChI is InChI=1S/C25H29FN4O/c1-18(2)25(31)28(3)17-23-22-16-29(15-19-7-5-4-6-8-19)14-13-24(22)30(27-23)21-11-9-20(26)10-12-21/h4-12,18H,13-17H2,1-3H3. The summed E-state index contributed by atoms with van der Waals surface area (Å²) in [6, 6.07) is 16.9. The van der Waals surface area contributed by atoms with Crippen LogP contribution in [0, 0.1) is 11.7 Å². The lowest BCUT2D eigenvalue weighted by Crippen LogP contribution is -2.33. The van der Waals surface area contributed by atoms with E-state index in [2.05, 4.69) is 29.2 Å². The highest BCUT2D eigenvalue weighted by molar-refractivity contribution is 5.77. The highest BCUT2D eigenvalue weighted by atomic mass is 19.1. The Labute approximate surface area is 183 Å². The van der Waals surface area contributed by atoms with Gasteiger partial charge in [-0.05, 0) is 29.8 Å². The van der Waals surface area contributed by atoms with E-state index in [0.717, 1.165) is 43.1 Å². The molecule has 0 atom stereocenters. The molecule has 31 heavy (non-hydrogen) atoms. The molecule has 0 bridgehead atoms. The fraction of sp³-hybridized carbons (Fsp3) is 0.360. The smallest absolute Gasteiger partial charge is 0.225 e. The van der Waals surface area contributed by atoms with Gasteiger partial charge in [-0.15, -0.1) is 0 Å². The number of nitrogens with zero attached hydrogens (tertiary/aromatic N) is 4. The quantitative estimate of drug-likeness (QED) is 0.601. The predicted octanol–water partition coefficient (Wildman–Crippen LogP) is 4.18. The topological polar surface area (TPSA) is 41.4 Å². The van der Waals surface area contributed by atoms with Crippen molar-refractivity contribution in [2.24, 2.45) is 5.92 Å². The minimum Gasteiger partial charge on any atom is -0.340 e. The average Bonchev–Trinajstić information content (AvgIpc) is 3.12. The third-order valence-corrected chi connectivity index (χ3v) is 5.80. The van der Waals surface area contributed by atoms with Gasteiger partial charge < -0.3 is 4.90 Å². The molecule has 5 nitrogen and oxygen atoms in total. The van der Waals surface area contributed by atoms with Gasteiger partial charge in [0.05, 0.1) is 23.6 Å². The van der Waals surface area contributed by atoms with E-state index in [4.69, 9.17) is 5.10 Å². The molecule has 0 spiro atoms. The van der Waals surface area contributed by atoms with Gasteiger partial charge in [-0.3, -0.25) is 9.69 Å². The molecule has 1 amide bonds. The number of rotatable bonds is 6. The number of hydrogen-bond donors (Lipinski definition) is 0. The molecule has 0 N–H and O–H groups in total. The zero-order chi connectivity index (χ0) is 22.0. The molecule has 0 fully saturated rings. The lowest BCUT2D eigenvalue weighted by Gasteiger charge is -2.28. The normalized spacial score (nSPS) is 14.0. The van der Waals surface area contributed by atoms with Crippen LogP contribution in [0.5, 0.6) is 0 Å². The predicted molar refractivity (Wildman–Crippen MR) is 119 cm³/mol. The van der Waals surface area contributed by atoms with Crippen molar-refractivity contribution < 1.29 is 9.18 Å². The maximum absolute atomic E-state index is 13.5. The van der Waals surface area contributed by atoms with E-state index < -0.39 is 0 Å². The zero-order valence-electron chi connectivity index (χ0n) is 18.4. The van der Waals surface area contributed by atoms with Crippen molar-refractivity contribution in [3.63, 3.8) is 0 Å². The third kappa shape index (κ3) is 4.69. The first kappa shape index (κ1) is 21.2. The highest BCUT2D eigenvalue weighted by Gasteiger charge is 2.27. The van der Waals surface area contributed by atoms with Crippen LogP contribution in [0.1, 0.15) is 36.4 Å². The lowest BCUT2D eigenvalue weighted by atomic mass is 10.0. The number of hydrogen-bond acceptors (Lipinski definition) is 3. The van der Waals surface area contributed by atoms with Gasteiger partial charge in [0.15, 0.2) is 0 Å². The van der Waals surface area contributed by atoms with E-state index in [-0.39, 0.29) is 17.6 Å². The summed E-state index contributed by atoms with van der Waals surface area (Å²) >= 11 is 0. The molecule has 0 radical (unpaired) electrons. The van der Waals surface area contributed by atoms with E-state index in [0.29, 0.717) is 6.54 Å². The van der Waals surface area contributed by atoms with E-state index in [9.17, 15) is 9.18 Å². The average molecular weight is 421 g/mol. The molecule has 4 rings (SSSR count). The molecule has 0 unspecified atom stereocenters. The first-order valence-corrected chi connectivity index (χ1v) is 10.8. The molecule has 0 saturated carbocycles. The van der Waals surface area contributed by atoms with Crippen LogP contribution in [-0.2, 0) is 30.8 Å². The number of aromatic nitrogens is 2. The van der Waals surface area contributed by atoms with Crippen LogP contribution in [0.3, 0.4) is 0 Å². The second-order valence-electron chi connectivity index (χ2n) is 8.56. The molecule has 0 aliphatic carbocycles. The van der Waals surface area contributed by atoms with Gasteiger partial charge >= 0.3 is 0 Å². The first-order chi connectivity index (χ1) is 14.9. The molecular weight excluding hydrogens is 391 g/mol. The number of amides is 1. The summed E-state index contributed by atoms with van der Waals surface area (Å²) < 4.78 is 15.4. The van der Waals surface area contributed by atoms with Crippen molar-refractivity contribution >= 4 is 5.91 Å². The molecule has 3 aromatic rings. The van der Waals surface area contributed by atoms with Gasteiger partial charge in [-0.25, -0.2) is 9.07 Å².